The number of ether oxygens (including phenoxy) is 2. The second-order valence-electron chi connectivity index (χ2n) is 29.5. The number of thioether (sulfide) groups is 1. The van der Waals surface area contributed by atoms with Crippen LogP contribution in [0.4, 0.5) is 4.79 Å². The minimum atomic E-state index is -1.29. The third kappa shape index (κ3) is 59.9. The van der Waals surface area contributed by atoms with Crippen LogP contribution in [0, 0.1) is 0 Å². The van der Waals surface area contributed by atoms with E-state index in [1.165, 1.54) is 185 Å². The maximum absolute atomic E-state index is 14.7. The van der Waals surface area contributed by atoms with Crippen LogP contribution in [0.25, 0.3) is 0 Å². The number of urea groups is 1. The number of amides is 8. The molecule has 0 saturated carbocycles. The van der Waals surface area contributed by atoms with Gasteiger partial charge in [0, 0.05) is 30.9 Å². The maximum Gasteiger partial charge on any atom is 0.315 e. The molecule has 0 aromatic heterocycles. The molecule has 1 unspecified atom stereocenters. The standard InChI is InChI=1S/C82H158N12O11S/c1-5-9-12-15-18-21-24-27-29-32-35-38-41-57-74(95)104-64-67(105-75(96)58-42-39-36-33-30-28-25-22-19-16-13-10-6-2)65-106-66-73(94-82(103)88-63-51-40-37-34-31-26-23-20-17-14-11-7-3)81(102)90-69(52-8-4)77(98)91-71(55-45-49-61-85)79(100)93-72(56-46-50-62-86)80(101)92-70(54-44-48-60-84)78(99)89-68(76(87)97)53-43-47-59-83/h8,67-73H,4-7,9-66,83-86H2,1-3H3,(H2,87,97)(H,89,99)(H,90,102)(H,91,98)(H,92,101)(H,93,100)(H2,88,94,103)/t67?,68-,69+,70-,71-,72-,73-/m0/s1. The number of unbranched alkanes of at least 4 members (excludes halogenated alkanes) is 39. The molecule has 0 aliphatic rings. The van der Waals surface area contributed by atoms with Gasteiger partial charge in [0.15, 0.2) is 0 Å². The Hall–Kier alpha value is -5.04. The van der Waals surface area contributed by atoms with Crippen LogP contribution in [0.5, 0.6) is 0 Å². The Kier molecular flexibility index (Phi) is 70.5. The molecule has 0 radical (unpaired) electrons. The molecule has 618 valence electrons. The highest BCUT2D eigenvalue weighted by atomic mass is 32.2. The average molecular weight is 1520 g/mol. The summed E-state index contributed by atoms with van der Waals surface area (Å²) in [6, 6.07) is -7.67. The van der Waals surface area contributed by atoms with Gasteiger partial charge in [0.25, 0.3) is 0 Å². The van der Waals surface area contributed by atoms with Gasteiger partial charge in [0.2, 0.25) is 35.4 Å². The summed E-state index contributed by atoms with van der Waals surface area (Å²) in [5.74, 6) is -4.88. The van der Waals surface area contributed by atoms with E-state index in [9.17, 15) is 43.2 Å². The van der Waals surface area contributed by atoms with Gasteiger partial charge in [-0.25, -0.2) is 4.79 Å². The fourth-order valence-corrected chi connectivity index (χ4v) is 13.9. The van der Waals surface area contributed by atoms with Crippen LogP contribution in [-0.2, 0) is 47.8 Å². The van der Waals surface area contributed by atoms with Crippen molar-refractivity contribution < 1.29 is 52.6 Å². The van der Waals surface area contributed by atoms with Crippen LogP contribution in [0.3, 0.4) is 0 Å². The van der Waals surface area contributed by atoms with E-state index in [4.69, 9.17) is 38.1 Å². The quantitative estimate of drug-likeness (QED) is 0.0153. The molecule has 0 heterocycles. The monoisotopic (exact) mass is 1520 g/mol. The molecule has 0 rings (SSSR count). The number of carbonyl (C=O) groups is 9. The van der Waals surface area contributed by atoms with E-state index >= 15 is 0 Å². The zero-order valence-corrected chi connectivity index (χ0v) is 68.1. The lowest BCUT2D eigenvalue weighted by Crippen LogP contribution is -2.60. The van der Waals surface area contributed by atoms with Crippen LogP contribution in [-0.4, -0.2) is 147 Å². The summed E-state index contributed by atoms with van der Waals surface area (Å²) in [5, 5.41) is 19.7. The Morgan fingerprint density at radius 3 is 1.00 bits per heavy atom. The highest BCUT2D eigenvalue weighted by molar-refractivity contribution is 7.99. The summed E-state index contributed by atoms with van der Waals surface area (Å²) < 4.78 is 11.8. The number of primary amides is 1. The lowest BCUT2D eigenvalue weighted by atomic mass is 10.0. The van der Waals surface area contributed by atoms with E-state index in [1.54, 1.807) is 0 Å². The van der Waals surface area contributed by atoms with E-state index < -0.39 is 89.8 Å². The second kappa shape index (κ2) is 74.1. The van der Waals surface area contributed by atoms with Gasteiger partial charge in [0.1, 0.15) is 49.0 Å². The Labute approximate surface area is 647 Å². The summed E-state index contributed by atoms with van der Waals surface area (Å²) in [6.07, 6.45) is 50.0. The molecule has 7 atom stereocenters. The Balaban J connectivity index is 6.71. The van der Waals surface area contributed by atoms with Crippen molar-refractivity contribution in [3.63, 3.8) is 0 Å². The van der Waals surface area contributed by atoms with Gasteiger partial charge in [-0.1, -0.05) is 252 Å². The number of esters is 2. The number of hydrogen-bond donors (Lipinski definition) is 12. The summed E-state index contributed by atoms with van der Waals surface area (Å²) in [4.78, 5) is 125. The van der Waals surface area contributed by atoms with Crippen LogP contribution in [0.1, 0.15) is 361 Å². The van der Waals surface area contributed by atoms with Crippen LogP contribution < -0.4 is 65.9 Å². The van der Waals surface area contributed by atoms with Crippen molar-refractivity contribution >= 4 is 65.2 Å². The van der Waals surface area contributed by atoms with Crippen molar-refractivity contribution in [3.05, 3.63) is 12.7 Å². The van der Waals surface area contributed by atoms with Crippen LogP contribution in [0.15, 0.2) is 12.7 Å². The predicted molar refractivity (Wildman–Crippen MR) is 435 cm³/mol. The fraction of sp³-hybridized carbons (Fsp3) is 0.866. The molecule has 24 heteroatoms. The first-order chi connectivity index (χ1) is 51.5. The van der Waals surface area contributed by atoms with Crippen molar-refractivity contribution in [3.8, 4) is 0 Å². The predicted octanol–water partition coefficient (Wildman–Crippen LogP) is 13.5. The first-order valence-electron chi connectivity index (χ1n) is 42.7. The lowest BCUT2D eigenvalue weighted by molar-refractivity contribution is -0.157. The third-order valence-electron chi connectivity index (χ3n) is 19.6. The molecule has 8 amide bonds. The van der Waals surface area contributed by atoms with E-state index in [1.807, 2.05) is 0 Å². The van der Waals surface area contributed by atoms with Crippen molar-refractivity contribution in [1.82, 2.24) is 37.2 Å². The van der Waals surface area contributed by atoms with E-state index in [2.05, 4.69) is 64.6 Å². The number of rotatable bonds is 78. The second-order valence-corrected chi connectivity index (χ2v) is 30.6. The SMILES string of the molecule is C=CC[C@@H](NC(=O)[C@H](CSCC(COC(=O)CCCCCCCCCCCCCCC)OC(=O)CCCCCCCCCCCCCCC)NC(=O)NCCCCCCCCCCCCCC)C(=O)N[C@@H](CCCCN)C(=O)N[C@@H](CCCCN)C(=O)N[C@@H](CCCCN)C(=O)N[C@@H](CCCCN)C(N)=O. The van der Waals surface area contributed by atoms with Crippen molar-refractivity contribution in [1.29, 1.82) is 0 Å². The van der Waals surface area contributed by atoms with Gasteiger partial charge in [-0.15, -0.1) is 6.58 Å². The normalized spacial score (nSPS) is 13.3. The molecule has 0 aliphatic heterocycles. The molecule has 106 heavy (non-hydrogen) atoms. The third-order valence-corrected chi connectivity index (χ3v) is 20.8. The molecule has 17 N–H and O–H groups in total. The molecule has 0 saturated heterocycles. The Morgan fingerprint density at radius 2 is 0.651 bits per heavy atom. The van der Waals surface area contributed by atoms with Gasteiger partial charge in [-0.3, -0.25) is 38.4 Å². The number of nitrogens with two attached hydrogens (primary N) is 5. The molecule has 0 aliphatic carbocycles. The first kappa shape index (κ1) is 101. The minimum absolute atomic E-state index is 0.0338. The smallest absolute Gasteiger partial charge is 0.315 e. The largest absolute Gasteiger partial charge is 0.462 e. The number of carbonyl (C=O) groups excluding carboxylic acids is 9. The molecule has 0 spiro atoms. The summed E-state index contributed by atoms with van der Waals surface area (Å²) in [5.41, 5.74) is 28.9. The highest BCUT2D eigenvalue weighted by Gasteiger charge is 2.34. The zero-order chi connectivity index (χ0) is 78.1. The van der Waals surface area contributed by atoms with Crippen molar-refractivity contribution in [2.24, 2.45) is 28.7 Å². The molecule has 0 aromatic carbocycles. The molecular formula is C82H158N12O11S. The van der Waals surface area contributed by atoms with Crippen molar-refractivity contribution in [2.75, 3.05) is 50.8 Å². The lowest BCUT2D eigenvalue weighted by Gasteiger charge is -2.27. The maximum atomic E-state index is 14.7. The van der Waals surface area contributed by atoms with Gasteiger partial charge in [-0.2, -0.15) is 11.8 Å². The number of hydrogen-bond acceptors (Lipinski definition) is 16. The molecule has 0 fully saturated rings. The van der Waals surface area contributed by atoms with Gasteiger partial charge < -0.3 is 75.4 Å². The van der Waals surface area contributed by atoms with Crippen LogP contribution in [0.2, 0.25) is 0 Å². The van der Waals surface area contributed by atoms with Gasteiger partial charge in [0.05, 0.1) is 0 Å². The van der Waals surface area contributed by atoms with E-state index in [0.29, 0.717) is 96.9 Å². The van der Waals surface area contributed by atoms with Gasteiger partial charge in [-0.05, 0) is 129 Å². The summed E-state index contributed by atoms with van der Waals surface area (Å²) >= 11 is 1.23. The Bertz CT molecular complexity index is 2220. The van der Waals surface area contributed by atoms with E-state index in [-0.39, 0.29) is 69.0 Å². The van der Waals surface area contributed by atoms with Crippen LogP contribution >= 0.6 is 11.8 Å². The van der Waals surface area contributed by atoms with Crippen molar-refractivity contribution in [2.45, 2.75) is 403 Å². The topological polar surface area (TPSA) is 386 Å². The summed E-state index contributed by atoms with van der Waals surface area (Å²) in [6.45, 7) is 12.1. The summed E-state index contributed by atoms with van der Waals surface area (Å²) in [7, 11) is 0. The number of nitrogens with one attached hydrogen (secondary N) is 7. The molecular weight excluding hydrogens is 1360 g/mol. The zero-order valence-electron chi connectivity index (χ0n) is 67.2. The van der Waals surface area contributed by atoms with E-state index in [0.717, 1.165) is 64.2 Å². The fourth-order valence-electron chi connectivity index (χ4n) is 12.9. The van der Waals surface area contributed by atoms with Gasteiger partial charge >= 0.3 is 18.0 Å². The Morgan fingerprint density at radius 1 is 0.349 bits per heavy atom. The molecule has 23 nitrogen and oxygen atoms in total. The average Bonchev–Trinajstić information content (AvgIpc) is 0.865. The molecule has 0 aromatic rings. The highest BCUT2D eigenvalue weighted by Crippen LogP contribution is 2.19. The first-order valence-corrected chi connectivity index (χ1v) is 43.9. The molecule has 0 bridgehead atoms. The minimum Gasteiger partial charge on any atom is -0.462 e.